The molecule has 0 spiro atoms. The maximum absolute atomic E-state index is 12.6. The van der Waals surface area contributed by atoms with E-state index in [1.54, 1.807) is 22.7 Å². The van der Waals surface area contributed by atoms with Crippen molar-refractivity contribution in [3.05, 3.63) is 46.8 Å². The Labute approximate surface area is 156 Å². The molecule has 1 aliphatic heterocycles. The lowest BCUT2D eigenvalue weighted by atomic mass is 10.2. The molecule has 0 unspecified atom stereocenters. The maximum atomic E-state index is 12.6. The zero-order valence-electron chi connectivity index (χ0n) is 14.1. The van der Waals surface area contributed by atoms with Crippen LogP contribution in [-0.4, -0.2) is 56.0 Å². The van der Waals surface area contributed by atoms with E-state index >= 15 is 0 Å². The van der Waals surface area contributed by atoms with Gasteiger partial charge in [-0.25, -0.2) is 8.42 Å². The van der Waals surface area contributed by atoms with Crippen LogP contribution in [0.3, 0.4) is 0 Å². The summed E-state index contributed by atoms with van der Waals surface area (Å²) in [6, 6.07) is 11.0. The number of rotatable bonds is 4. The number of nitrogens with zero attached hydrogens (tertiary/aromatic N) is 2. The van der Waals surface area contributed by atoms with Crippen LogP contribution in [0.2, 0.25) is 0 Å². The largest absolute Gasteiger partial charge is 0.336 e. The summed E-state index contributed by atoms with van der Waals surface area (Å²) in [7, 11) is -3.45. The van der Waals surface area contributed by atoms with Crippen LogP contribution in [0.1, 0.15) is 15.2 Å². The molecule has 5 nitrogen and oxygen atoms in total. The summed E-state index contributed by atoms with van der Waals surface area (Å²) in [4.78, 5) is 16.4. The monoisotopic (exact) mass is 396 g/mol. The highest BCUT2D eigenvalue weighted by Crippen LogP contribution is 2.25. The van der Waals surface area contributed by atoms with Gasteiger partial charge in [0.15, 0.2) is 0 Å². The minimum absolute atomic E-state index is 0.0448. The smallest absolute Gasteiger partial charge is 0.253 e. The number of piperazine rings is 1. The van der Waals surface area contributed by atoms with Crippen LogP contribution in [-0.2, 0) is 10.0 Å². The highest BCUT2D eigenvalue weighted by molar-refractivity contribution is 7.98. The van der Waals surface area contributed by atoms with Crippen molar-refractivity contribution in [1.29, 1.82) is 0 Å². The first kappa shape index (κ1) is 18.4. The number of hydrogen-bond acceptors (Lipinski definition) is 5. The standard InChI is InChI=1S/C17H20N2O3S3/c1-13-3-8-16(24-13)25(21,22)19-11-9-18(10-12-19)17(20)14-4-6-15(23-2)7-5-14/h3-8H,9-12H2,1-2H3. The van der Waals surface area contributed by atoms with Crippen LogP contribution in [0, 0.1) is 6.92 Å². The molecule has 0 saturated carbocycles. The van der Waals surface area contributed by atoms with Crippen molar-refractivity contribution >= 4 is 39.0 Å². The number of benzene rings is 1. The third-order valence-electron chi connectivity index (χ3n) is 4.17. The lowest BCUT2D eigenvalue weighted by molar-refractivity contribution is 0.0698. The van der Waals surface area contributed by atoms with Crippen molar-refractivity contribution in [2.75, 3.05) is 32.4 Å². The van der Waals surface area contributed by atoms with Crippen molar-refractivity contribution in [2.24, 2.45) is 0 Å². The van der Waals surface area contributed by atoms with Gasteiger partial charge in [-0.1, -0.05) is 0 Å². The number of aryl methyl sites for hydroxylation is 1. The number of amides is 1. The van der Waals surface area contributed by atoms with E-state index in [4.69, 9.17) is 0 Å². The fourth-order valence-corrected chi connectivity index (χ4v) is 5.99. The number of hydrogen-bond donors (Lipinski definition) is 0. The number of thiophene rings is 1. The van der Waals surface area contributed by atoms with Crippen LogP contribution >= 0.6 is 23.1 Å². The molecule has 1 aromatic carbocycles. The summed E-state index contributed by atoms with van der Waals surface area (Å²) in [5, 5.41) is 0. The summed E-state index contributed by atoms with van der Waals surface area (Å²) >= 11 is 2.91. The van der Waals surface area contributed by atoms with E-state index < -0.39 is 10.0 Å². The van der Waals surface area contributed by atoms with Crippen molar-refractivity contribution in [3.63, 3.8) is 0 Å². The lowest BCUT2D eigenvalue weighted by Crippen LogP contribution is -2.50. The highest BCUT2D eigenvalue weighted by Gasteiger charge is 2.31. The summed E-state index contributed by atoms with van der Waals surface area (Å²) in [6.45, 7) is 3.36. The summed E-state index contributed by atoms with van der Waals surface area (Å²) < 4.78 is 27.1. The van der Waals surface area contributed by atoms with E-state index in [0.29, 0.717) is 36.0 Å². The van der Waals surface area contributed by atoms with Crippen molar-refractivity contribution in [3.8, 4) is 0 Å². The van der Waals surface area contributed by atoms with Gasteiger partial charge in [-0.2, -0.15) is 4.31 Å². The van der Waals surface area contributed by atoms with Gasteiger partial charge in [-0.3, -0.25) is 4.79 Å². The van der Waals surface area contributed by atoms with Gasteiger partial charge in [0, 0.05) is 41.5 Å². The molecular weight excluding hydrogens is 376 g/mol. The Morgan fingerprint density at radius 3 is 2.20 bits per heavy atom. The quantitative estimate of drug-likeness (QED) is 0.746. The van der Waals surface area contributed by atoms with Crippen LogP contribution in [0.25, 0.3) is 0 Å². The molecule has 1 aromatic heterocycles. The Morgan fingerprint density at radius 1 is 1.04 bits per heavy atom. The molecule has 1 saturated heterocycles. The van der Waals surface area contributed by atoms with Gasteiger partial charge in [-0.15, -0.1) is 23.1 Å². The second kappa shape index (κ2) is 7.49. The minimum atomic E-state index is -3.45. The van der Waals surface area contributed by atoms with E-state index in [0.717, 1.165) is 9.77 Å². The predicted molar refractivity (Wildman–Crippen MR) is 102 cm³/mol. The molecule has 8 heteroatoms. The van der Waals surface area contributed by atoms with Crippen LogP contribution in [0.4, 0.5) is 0 Å². The van der Waals surface area contributed by atoms with Gasteiger partial charge < -0.3 is 4.90 Å². The molecule has 1 amide bonds. The molecular formula is C17H20N2O3S3. The van der Waals surface area contributed by atoms with E-state index in [1.165, 1.54) is 15.6 Å². The number of carbonyl (C=O) groups is 1. The molecule has 2 heterocycles. The molecule has 0 radical (unpaired) electrons. The fourth-order valence-electron chi connectivity index (χ4n) is 2.73. The van der Waals surface area contributed by atoms with Crippen molar-refractivity contribution in [2.45, 2.75) is 16.0 Å². The average molecular weight is 397 g/mol. The van der Waals surface area contributed by atoms with E-state index in [-0.39, 0.29) is 5.91 Å². The van der Waals surface area contributed by atoms with E-state index in [2.05, 4.69) is 0 Å². The first-order chi connectivity index (χ1) is 11.9. The molecule has 134 valence electrons. The second-order valence-electron chi connectivity index (χ2n) is 5.79. The molecule has 25 heavy (non-hydrogen) atoms. The lowest BCUT2D eigenvalue weighted by Gasteiger charge is -2.33. The normalized spacial score (nSPS) is 16.2. The Morgan fingerprint density at radius 2 is 1.68 bits per heavy atom. The first-order valence-corrected chi connectivity index (χ1v) is 11.4. The molecule has 1 aliphatic rings. The van der Waals surface area contributed by atoms with E-state index in [9.17, 15) is 13.2 Å². The molecule has 1 fully saturated rings. The highest BCUT2D eigenvalue weighted by atomic mass is 32.2. The van der Waals surface area contributed by atoms with E-state index in [1.807, 2.05) is 43.5 Å². The summed E-state index contributed by atoms with van der Waals surface area (Å²) in [6.07, 6.45) is 1.99. The van der Waals surface area contributed by atoms with Crippen molar-refractivity contribution < 1.29 is 13.2 Å². The van der Waals surface area contributed by atoms with Crippen LogP contribution in [0.5, 0.6) is 0 Å². The Hall–Kier alpha value is -1.35. The molecule has 2 aromatic rings. The molecule has 3 rings (SSSR count). The second-order valence-corrected chi connectivity index (χ2v) is 10.1. The van der Waals surface area contributed by atoms with Gasteiger partial charge in [-0.05, 0) is 49.6 Å². The van der Waals surface area contributed by atoms with Gasteiger partial charge in [0.25, 0.3) is 15.9 Å². The van der Waals surface area contributed by atoms with Gasteiger partial charge in [0.1, 0.15) is 4.21 Å². The average Bonchev–Trinajstić information content (AvgIpc) is 3.08. The summed E-state index contributed by atoms with van der Waals surface area (Å²) in [5.41, 5.74) is 0.642. The van der Waals surface area contributed by atoms with Crippen molar-refractivity contribution in [1.82, 2.24) is 9.21 Å². The molecule has 0 bridgehead atoms. The fraction of sp³-hybridized carbons (Fsp3) is 0.353. The Kier molecular flexibility index (Phi) is 5.52. The first-order valence-electron chi connectivity index (χ1n) is 7.92. The van der Waals surface area contributed by atoms with Gasteiger partial charge in [0.05, 0.1) is 0 Å². The molecule has 0 N–H and O–H groups in total. The van der Waals surface area contributed by atoms with Crippen LogP contribution in [0.15, 0.2) is 45.5 Å². The predicted octanol–water partition coefficient (Wildman–Crippen LogP) is 2.93. The third kappa shape index (κ3) is 3.92. The zero-order valence-corrected chi connectivity index (χ0v) is 16.6. The Bertz CT molecular complexity index is 852. The maximum Gasteiger partial charge on any atom is 0.253 e. The molecule has 0 atom stereocenters. The Balaban J connectivity index is 1.66. The number of carbonyl (C=O) groups excluding carboxylic acids is 1. The van der Waals surface area contributed by atoms with Gasteiger partial charge in [0.2, 0.25) is 0 Å². The summed E-state index contributed by atoms with van der Waals surface area (Å²) in [5.74, 6) is -0.0448. The molecule has 0 aliphatic carbocycles. The minimum Gasteiger partial charge on any atom is -0.336 e. The SMILES string of the molecule is CSc1ccc(C(=O)N2CCN(S(=O)(=O)c3ccc(C)s3)CC2)cc1. The number of sulfonamides is 1. The topological polar surface area (TPSA) is 57.7 Å². The zero-order chi connectivity index (χ0) is 18.0. The third-order valence-corrected chi connectivity index (χ3v) is 8.28. The number of thioether (sulfide) groups is 1. The van der Waals surface area contributed by atoms with Crippen LogP contribution < -0.4 is 0 Å². The van der Waals surface area contributed by atoms with Gasteiger partial charge >= 0.3 is 0 Å².